The smallest absolute Gasteiger partial charge is 0.0540 e. The van der Waals surface area contributed by atoms with Crippen molar-refractivity contribution in [3.05, 3.63) is 209 Å². The third kappa shape index (κ3) is 5.19. The molecule has 0 aromatic heterocycles. The minimum absolute atomic E-state index is 0.0252. The molecule has 4 aliphatic carbocycles. The van der Waals surface area contributed by atoms with E-state index >= 15 is 0 Å². The number of para-hydroxylation sites is 1. The maximum Gasteiger partial charge on any atom is 0.0540 e. The van der Waals surface area contributed by atoms with E-state index in [1.807, 2.05) is 0 Å². The largest absolute Gasteiger partial charge is 0.310 e. The Hall–Kier alpha value is -6.44. The normalized spacial score (nSPS) is 16.6. The molecule has 8 aromatic carbocycles. The number of fused-ring (bicyclic) bond motifs is 11. The van der Waals surface area contributed by atoms with Gasteiger partial charge in [-0.15, -0.1) is 0 Å². The van der Waals surface area contributed by atoms with Crippen molar-refractivity contribution < 1.29 is 0 Å². The molecular formula is C60H51N. The molecule has 0 saturated heterocycles. The Balaban J connectivity index is 1.06. The van der Waals surface area contributed by atoms with E-state index in [4.69, 9.17) is 0 Å². The highest BCUT2D eigenvalue weighted by molar-refractivity contribution is 5.99. The van der Waals surface area contributed by atoms with Gasteiger partial charge < -0.3 is 4.90 Å². The van der Waals surface area contributed by atoms with Crippen molar-refractivity contribution >= 4 is 17.1 Å². The van der Waals surface area contributed by atoms with Crippen molar-refractivity contribution in [2.45, 2.75) is 76.0 Å². The summed E-state index contributed by atoms with van der Waals surface area (Å²) in [5.41, 5.74) is 25.3. The van der Waals surface area contributed by atoms with Crippen LogP contribution in [-0.4, -0.2) is 0 Å². The van der Waals surface area contributed by atoms with Gasteiger partial charge in [-0.3, -0.25) is 0 Å². The molecule has 0 amide bonds. The van der Waals surface area contributed by atoms with Crippen LogP contribution in [0.25, 0.3) is 55.6 Å². The Morgan fingerprint density at radius 1 is 0.344 bits per heavy atom. The molecule has 1 heteroatoms. The average molecular weight is 786 g/mol. The van der Waals surface area contributed by atoms with Crippen LogP contribution in [0.1, 0.15) is 93.2 Å². The Bertz CT molecular complexity index is 3080. The summed E-state index contributed by atoms with van der Waals surface area (Å²) in [6.07, 6.45) is 6.34. The molecule has 1 nitrogen and oxygen atoms in total. The van der Waals surface area contributed by atoms with Crippen molar-refractivity contribution in [1.29, 1.82) is 0 Å². The van der Waals surface area contributed by atoms with Gasteiger partial charge in [0.25, 0.3) is 0 Å². The number of hydrogen-bond donors (Lipinski definition) is 0. The molecule has 0 aliphatic heterocycles. The number of benzene rings is 8. The summed E-state index contributed by atoms with van der Waals surface area (Å²) >= 11 is 0. The molecule has 0 heterocycles. The van der Waals surface area contributed by atoms with Gasteiger partial charge in [-0.2, -0.15) is 0 Å². The van der Waals surface area contributed by atoms with E-state index in [-0.39, 0.29) is 16.2 Å². The highest BCUT2D eigenvalue weighted by Gasteiger charge is 2.45. The molecule has 1 saturated carbocycles. The van der Waals surface area contributed by atoms with Crippen LogP contribution in [-0.2, 0) is 16.2 Å². The second-order valence-electron chi connectivity index (χ2n) is 19.2. The third-order valence-corrected chi connectivity index (χ3v) is 15.3. The lowest BCUT2D eigenvalue weighted by molar-refractivity contribution is 0.353. The lowest BCUT2D eigenvalue weighted by atomic mass is 9.68. The van der Waals surface area contributed by atoms with Crippen molar-refractivity contribution in [2.75, 3.05) is 4.90 Å². The molecule has 0 atom stereocenters. The third-order valence-electron chi connectivity index (χ3n) is 15.3. The van der Waals surface area contributed by atoms with Crippen LogP contribution in [0.15, 0.2) is 176 Å². The van der Waals surface area contributed by atoms with Crippen molar-refractivity contribution in [1.82, 2.24) is 0 Å². The van der Waals surface area contributed by atoms with E-state index in [1.54, 1.807) is 0 Å². The minimum atomic E-state index is -0.123. The van der Waals surface area contributed by atoms with E-state index in [1.165, 1.54) is 132 Å². The monoisotopic (exact) mass is 785 g/mol. The van der Waals surface area contributed by atoms with Crippen LogP contribution in [0.3, 0.4) is 0 Å². The van der Waals surface area contributed by atoms with Gasteiger partial charge in [-0.25, -0.2) is 0 Å². The molecule has 0 radical (unpaired) electrons. The van der Waals surface area contributed by atoms with E-state index in [0.717, 1.165) is 5.69 Å². The topological polar surface area (TPSA) is 3.24 Å². The maximum absolute atomic E-state index is 2.54. The molecule has 0 unspecified atom stereocenters. The number of nitrogens with zero attached hydrogens (tertiary/aromatic N) is 1. The summed E-state index contributed by atoms with van der Waals surface area (Å²) in [5, 5.41) is 0. The Morgan fingerprint density at radius 3 is 1.66 bits per heavy atom. The second-order valence-corrected chi connectivity index (χ2v) is 19.2. The maximum atomic E-state index is 2.54. The summed E-state index contributed by atoms with van der Waals surface area (Å²) in [4.78, 5) is 2.54. The van der Waals surface area contributed by atoms with Gasteiger partial charge in [-0.05, 0) is 133 Å². The summed E-state index contributed by atoms with van der Waals surface area (Å²) in [6.45, 7) is 9.50. The van der Waals surface area contributed by atoms with Crippen LogP contribution in [0, 0.1) is 0 Å². The zero-order chi connectivity index (χ0) is 41.1. The van der Waals surface area contributed by atoms with Crippen LogP contribution < -0.4 is 4.90 Å². The molecule has 296 valence electrons. The van der Waals surface area contributed by atoms with Crippen molar-refractivity contribution in [3.63, 3.8) is 0 Å². The van der Waals surface area contributed by atoms with Gasteiger partial charge >= 0.3 is 0 Å². The second kappa shape index (κ2) is 13.3. The SMILES string of the molecule is CC1(C)c2ccccc2-c2cc(-c3cccc(N(c4ccc5c(c4)C(C)(C)c4ccccc4-5)c4ccccc4-c4cccc5c4-c4ccccc4C54CCCCC4)c3)ccc21. The molecule has 1 fully saturated rings. The lowest BCUT2D eigenvalue weighted by Crippen LogP contribution is -2.27. The quantitative estimate of drug-likeness (QED) is 0.168. The molecule has 0 bridgehead atoms. The van der Waals surface area contributed by atoms with E-state index in [2.05, 4.69) is 209 Å². The number of anilines is 3. The van der Waals surface area contributed by atoms with Crippen LogP contribution in [0.5, 0.6) is 0 Å². The summed E-state index contributed by atoms with van der Waals surface area (Å²) in [7, 11) is 0. The lowest BCUT2D eigenvalue weighted by Gasteiger charge is -2.36. The fourth-order valence-electron chi connectivity index (χ4n) is 12.3. The predicted molar refractivity (Wildman–Crippen MR) is 256 cm³/mol. The fraction of sp³-hybridized carbons (Fsp3) is 0.200. The zero-order valence-corrected chi connectivity index (χ0v) is 35.7. The zero-order valence-electron chi connectivity index (χ0n) is 35.7. The molecule has 8 aromatic rings. The minimum Gasteiger partial charge on any atom is -0.310 e. The summed E-state index contributed by atoms with van der Waals surface area (Å²) in [5.74, 6) is 0. The fourth-order valence-corrected chi connectivity index (χ4v) is 12.3. The van der Waals surface area contributed by atoms with E-state index in [0.29, 0.717) is 0 Å². The van der Waals surface area contributed by atoms with Crippen LogP contribution in [0.2, 0.25) is 0 Å². The van der Waals surface area contributed by atoms with Gasteiger partial charge in [0, 0.05) is 33.2 Å². The van der Waals surface area contributed by atoms with Gasteiger partial charge in [0.15, 0.2) is 0 Å². The molecule has 1 spiro atoms. The summed E-state index contributed by atoms with van der Waals surface area (Å²) in [6, 6.07) is 67.2. The Labute approximate surface area is 361 Å². The van der Waals surface area contributed by atoms with Crippen LogP contribution >= 0.6 is 0 Å². The molecule has 12 rings (SSSR count). The predicted octanol–water partition coefficient (Wildman–Crippen LogP) is 16.3. The number of hydrogen-bond acceptors (Lipinski definition) is 1. The molecule has 61 heavy (non-hydrogen) atoms. The van der Waals surface area contributed by atoms with Gasteiger partial charge in [-0.1, -0.05) is 186 Å². The molecular weight excluding hydrogens is 735 g/mol. The van der Waals surface area contributed by atoms with Crippen molar-refractivity contribution in [2.24, 2.45) is 0 Å². The number of rotatable bonds is 5. The van der Waals surface area contributed by atoms with Gasteiger partial charge in [0.05, 0.1) is 5.69 Å². The average Bonchev–Trinajstić information content (AvgIpc) is 3.81. The van der Waals surface area contributed by atoms with Crippen LogP contribution in [0.4, 0.5) is 17.1 Å². The highest BCUT2D eigenvalue weighted by Crippen LogP contribution is 2.59. The van der Waals surface area contributed by atoms with Gasteiger partial charge in [0.1, 0.15) is 0 Å². The summed E-state index contributed by atoms with van der Waals surface area (Å²) < 4.78 is 0. The highest BCUT2D eigenvalue weighted by atomic mass is 15.1. The Morgan fingerprint density at radius 2 is 0.885 bits per heavy atom. The molecule has 0 N–H and O–H groups in total. The first-order valence-corrected chi connectivity index (χ1v) is 22.5. The van der Waals surface area contributed by atoms with E-state index in [9.17, 15) is 0 Å². The first-order valence-electron chi connectivity index (χ1n) is 22.5. The first kappa shape index (κ1) is 36.4. The standard InChI is InChI=1S/C60H51N/c1-58(2)51-26-11-7-21-44(51)49-37-40(30-33-52(49)58)39-18-16-19-41(36-39)61(42-31-32-45-43-20-6-10-25-50(43)59(3,4)55(45)38-42)56-29-13-9-22-46(56)47-24-17-28-54-57(47)48-23-8-12-27-53(48)60(54)34-14-5-15-35-60/h6-13,16-33,36-38H,5,14-15,34-35H2,1-4H3. The molecule has 4 aliphatic rings. The Kier molecular flexibility index (Phi) is 7.93. The van der Waals surface area contributed by atoms with Gasteiger partial charge in [0.2, 0.25) is 0 Å². The first-order chi connectivity index (χ1) is 29.8. The van der Waals surface area contributed by atoms with Crippen molar-refractivity contribution in [3.8, 4) is 55.6 Å². The van der Waals surface area contributed by atoms with E-state index < -0.39 is 0 Å².